The minimum absolute atomic E-state index is 0.00940. The lowest BCUT2D eigenvalue weighted by Gasteiger charge is -2.33. The van der Waals surface area contributed by atoms with Gasteiger partial charge in [-0.1, -0.05) is 113 Å². The lowest BCUT2D eigenvalue weighted by molar-refractivity contribution is 0.380. The highest BCUT2D eigenvalue weighted by atomic mass is 31.2. The first-order valence-electron chi connectivity index (χ1n) is 12.0. The summed E-state index contributed by atoms with van der Waals surface area (Å²) in [5.74, 6) is 1.45. The number of fused-ring (bicyclic) bond motifs is 1. The Morgan fingerprint density at radius 2 is 1.21 bits per heavy atom. The number of hydrogen-bond acceptors (Lipinski definition) is 3. The van der Waals surface area contributed by atoms with E-state index in [0.717, 1.165) is 33.8 Å². The Labute approximate surface area is 201 Å². The Bertz CT molecular complexity index is 1060. The maximum absolute atomic E-state index is 14.1. The lowest BCUT2D eigenvalue weighted by Crippen LogP contribution is -2.23. The molecule has 1 unspecified atom stereocenters. The van der Waals surface area contributed by atoms with Crippen molar-refractivity contribution in [2.75, 3.05) is 0 Å². The molecule has 0 fully saturated rings. The molecule has 0 bridgehead atoms. The second kappa shape index (κ2) is 7.91. The molecule has 3 nitrogen and oxygen atoms in total. The molecule has 4 heteroatoms. The van der Waals surface area contributed by atoms with Crippen LogP contribution in [0, 0.1) is 0 Å². The van der Waals surface area contributed by atoms with Crippen LogP contribution in [0.1, 0.15) is 111 Å². The van der Waals surface area contributed by atoms with Crippen LogP contribution in [0.2, 0.25) is 0 Å². The molecule has 0 amide bonds. The fourth-order valence-electron chi connectivity index (χ4n) is 4.25. The average Bonchev–Trinajstić information content (AvgIpc) is 2.93. The van der Waals surface area contributed by atoms with Crippen LogP contribution in [0.3, 0.4) is 0 Å². The van der Waals surface area contributed by atoms with E-state index in [1.165, 1.54) is 5.56 Å². The second-order valence-corrected chi connectivity index (χ2v) is 15.5. The van der Waals surface area contributed by atoms with Gasteiger partial charge in [-0.25, -0.2) is 4.57 Å². The molecule has 0 radical (unpaired) electrons. The fraction of sp³-hybridized carbons (Fsp3) is 0.586. The third-order valence-corrected chi connectivity index (χ3v) is 7.95. The highest BCUT2D eigenvalue weighted by molar-refractivity contribution is 7.54. The van der Waals surface area contributed by atoms with E-state index < -0.39 is 7.60 Å². The predicted octanol–water partition coefficient (Wildman–Crippen LogP) is 9.04. The predicted molar refractivity (Wildman–Crippen MR) is 140 cm³/mol. The molecule has 1 aliphatic rings. The quantitative estimate of drug-likeness (QED) is 0.411. The summed E-state index contributed by atoms with van der Waals surface area (Å²) in [7, 11) is -3.42. The summed E-state index contributed by atoms with van der Waals surface area (Å²) in [5, 5.41) is 0. The molecule has 0 aromatic heterocycles. The van der Waals surface area contributed by atoms with Gasteiger partial charge in [0.05, 0.1) is 0 Å². The molecule has 0 spiro atoms. The molecule has 3 rings (SSSR count). The van der Waals surface area contributed by atoms with Crippen molar-refractivity contribution in [3.8, 4) is 11.5 Å². The monoisotopic (exact) mass is 470 g/mol. The van der Waals surface area contributed by atoms with Gasteiger partial charge in [-0.2, -0.15) is 0 Å². The minimum atomic E-state index is -3.42. The van der Waals surface area contributed by atoms with Crippen LogP contribution < -0.4 is 9.05 Å². The largest absolute Gasteiger partial charge is 0.435 e. The zero-order valence-corrected chi connectivity index (χ0v) is 23.7. The number of rotatable bonds is 2. The van der Waals surface area contributed by atoms with E-state index >= 15 is 0 Å². The van der Waals surface area contributed by atoms with Crippen LogP contribution in [0.25, 0.3) is 0 Å². The van der Waals surface area contributed by atoms with Crippen molar-refractivity contribution in [1.82, 2.24) is 0 Å². The lowest BCUT2D eigenvalue weighted by atomic mass is 9.75. The van der Waals surface area contributed by atoms with Crippen molar-refractivity contribution < 1.29 is 13.6 Å². The van der Waals surface area contributed by atoms with E-state index in [4.69, 9.17) is 9.05 Å². The van der Waals surface area contributed by atoms with Crippen molar-refractivity contribution in [3.05, 3.63) is 58.1 Å². The van der Waals surface area contributed by atoms with E-state index in [1.54, 1.807) is 0 Å². The van der Waals surface area contributed by atoms with E-state index in [0.29, 0.717) is 6.16 Å². The summed E-state index contributed by atoms with van der Waals surface area (Å²) >= 11 is 0. The van der Waals surface area contributed by atoms with Crippen molar-refractivity contribution >= 4 is 7.60 Å². The van der Waals surface area contributed by atoms with Gasteiger partial charge >= 0.3 is 7.60 Å². The summed E-state index contributed by atoms with van der Waals surface area (Å²) in [6, 6.07) is 10.6. The van der Waals surface area contributed by atoms with Gasteiger partial charge in [0.1, 0.15) is 17.7 Å². The second-order valence-electron chi connectivity index (χ2n) is 13.6. The molecule has 0 N–H and O–H groups in total. The molecule has 1 aliphatic heterocycles. The van der Waals surface area contributed by atoms with Gasteiger partial charge in [0, 0.05) is 22.3 Å². The van der Waals surface area contributed by atoms with Crippen molar-refractivity contribution in [2.45, 2.75) is 111 Å². The molecule has 0 saturated carbocycles. The van der Waals surface area contributed by atoms with Gasteiger partial charge < -0.3 is 9.05 Å². The van der Waals surface area contributed by atoms with Crippen molar-refractivity contribution in [3.63, 3.8) is 0 Å². The fourth-order valence-corrected chi connectivity index (χ4v) is 6.05. The smallest absolute Gasteiger partial charge is 0.415 e. The van der Waals surface area contributed by atoms with Crippen LogP contribution in [0.4, 0.5) is 0 Å². The third-order valence-electron chi connectivity index (χ3n) is 6.30. The first kappa shape index (κ1) is 25.9. The highest BCUT2D eigenvalue weighted by Gasteiger charge is 2.42. The summed E-state index contributed by atoms with van der Waals surface area (Å²) in [6.07, 6.45) is 0.292. The summed E-state index contributed by atoms with van der Waals surface area (Å²) in [5.41, 5.74) is 4.96. The topological polar surface area (TPSA) is 35.5 Å². The number of benzene rings is 2. The SMILES string of the molecule is CC(C)(C)c1cc(C(C)(C)C)c(OP2(=O)Cc3cccc(C(C)(C)C)c3O2)c(C(C)(C)C)c1. The molecule has 33 heavy (non-hydrogen) atoms. The molecule has 0 saturated heterocycles. The first-order chi connectivity index (χ1) is 14.7. The molecule has 182 valence electrons. The van der Waals surface area contributed by atoms with Crippen molar-refractivity contribution in [1.29, 1.82) is 0 Å². The summed E-state index contributed by atoms with van der Waals surface area (Å²) in [4.78, 5) is 0. The Morgan fingerprint density at radius 1 is 0.727 bits per heavy atom. The summed E-state index contributed by atoms with van der Waals surface area (Å²) in [6.45, 7) is 26.3. The Hall–Kier alpha value is -1.73. The maximum atomic E-state index is 14.1. The Kier molecular flexibility index (Phi) is 6.20. The van der Waals surface area contributed by atoms with Gasteiger partial charge in [-0.15, -0.1) is 0 Å². The van der Waals surface area contributed by atoms with E-state index in [-0.39, 0.29) is 21.7 Å². The van der Waals surface area contributed by atoms with Gasteiger partial charge in [0.15, 0.2) is 0 Å². The van der Waals surface area contributed by atoms with Crippen LogP contribution in [-0.2, 0) is 32.4 Å². The molecule has 0 aliphatic carbocycles. The van der Waals surface area contributed by atoms with Crippen LogP contribution in [0.5, 0.6) is 11.5 Å². The molecule has 2 aromatic rings. The van der Waals surface area contributed by atoms with Crippen molar-refractivity contribution in [2.24, 2.45) is 0 Å². The van der Waals surface area contributed by atoms with Crippen LogP contribution in [0.15, 0.2) is 30.3 Å². The zero-order valence-electron chi connectivity index (χ0n) is 22.8. The average molecular weight is 471 g/mol. The molecule has 1 atom stereocenters. The van der Waals surface area contributed by atoms with Gasteiger partial charge in [-0.05, 0) is 27.2 Å². The Balaban J connectivity index is 2.18. The van der Waals surface area contributed by atoms with E-state index in [1.807, 2.05) is 12.1 Å². The molecular formula is C29H43O3P. The van der Waals surface area contributed by atoms with Gasteiger partial charge in [0.25, 0.3) is 0 Å². The highest BCUT2D eigenvalue weighted by Crippen LogP contribution is 2.62. The first-order valence-corrected chi connectivity index (χ1v) is 13.8. The van der Waals surface area contributed by atoms with Crippen LogP contribution in [-0.4, -0.2) is 0 Å². The minimum Gasteiger partial charge on any atom is -0.415 e. The molecular weight excluding hydrogens is 427 g/mol. The number of para-hydroxylation sites is 1. The Morgan fingerprint density at radius 3 is 1.64 bits per heavy atom. The van der Waals surface area contributed by atoms with Gasteiger partial charge in [-0.3, -0.25) is 0 Å². The maximum Gasteiger partial charge on any atom is 0.435 e. The molecule has 2 aromatic carbocycles. The van der Waals surface area contributed by atoms with E-state index in [2.05, 4.69) is 101 Å². The third kappa shape index (κ3) is 5.35. The zero-order chi connectivity index (χ0) is 25.2. The normalized spacial score (nSPS) is 19.3. The summed E-state index contributed by atoms with van der Waals surface area (Å²) < 4.78 is 26.9. The standard InChI is InChI=1S/C29H43O3P/c1-26(2,3)20-16-22(28(7,8)9)25(23(17-20)29(10,11)12)32-33(30)18-19-14-13-15-21(24(19)31-33)27(4,5)6/h13-17H,18H2,1-12H3. The van der Waals surface area contributed by atoms with E-state index in [9.17, 15) is 4.57 Å². The van der Waals surface area contributed by atoms with Crippen LogP contribution >= 0.6 is 7.60 Å². The molecule has 1 heterocycles. The van der Waals surface area contributed by atoms with Gasteiger partial charge in [0.2, 0.25) is 0 Å². The number of hydrogen-bond donors (Lipinski definition) is 0.